The van der Waals surface area contributed by atoms with Crippen LogP contribution in [-0.4, -0.2) is 47.9 Å². The second-order valence-electron chi connectivity index (χ2n) is 7.00. The number of carbonyl (C=O) groups excluding carboxylic acids is 4. The van der Waals surface area contributed by atoms with Crippen molar-refractivity contribution in [2.24, 2.45) is 0 Å². The first kappa shape index (κ1) is 23.8. The number of Topliss-reactive ketones (excluding diaryl/α,β-unsaturated/α-hetero) is 1. The Balaban J connectivity index is 2.21. The molecule has 2 aromatic carbocycles. The van der Waals surface area contributed by atoms with Gasteiger partial charge in [0.1, 0.15) is 11.8 Å². The van der Waals surface area contributed by atoms with Gasteiger partial charge in [0.2, 0.25) is 0 Å². The number of aliphatic hydroxyl groups excluding tert-OH is 1. The maximum absolute atomic E-state index is 12.7. The van der Waals surface area contributed by atoms with Gasteiger partial charge in [0.25, 0.3) is 11.8 Å². The molecule has 2 amide bonds. The summed E-state index contributed by atoms with van der Waals surface area (Å²) >= 11 is 0. The molecule has 0 heterocycles. The molecule has 164 valence electrons. The molecule has 0 saturated heterocycles. The van der Waals surface area contributed by atoms with Crippen molar-refractivity contribution >= 4 is 23.6 Å². The minimum atomic E-state index is -1.69. The fourth-order valence-electron chi connectivity index (χ4n) is 2.97. The van der Waals surface area contributed by atoms with E-state index in [4.69, 9.17) is 0 Å². The molecule has 0 saturated carbocycles. The molecule has 0 spiro atoms. The van der Waals surface area contributed by atoms with E-state index in [0.29, 0.717) is 11.1 Å². The first-order valence-corrected chi connectivity index (χ1v) is 9.80. The molecule has 0 aliphatic carbocycles. The van der Waals surface area contributed by atoms with Gasteiger partial charge >= 0.3 is 5.97 Å². The zero-order valence-corrected chi connectivity index (χ0v) is 17.4. The van der Waals surface area contributed by atoms with Gasteiger partial charge in [0, 0.05) is 12.0 Å². The van der Waals surface area contributed by atoms with Gasteiger partial charge in [-0.05, 0) is 31.0 Å². The lowest BCUT2D eigenvalue weighted by Crippen LogP contribution is -2.50. The van der Waals surface area contributed by atoms with Crippen molar-refractivity contribution in [3.8, 4) is 0 Å². The van der Waals surface area contributed by atoms with Crippen molar-refractivity contribution in [2.45, 2.75) is 38.0 Å². The topological polar surface area (TPSA) is 122 Å². The van der Waals surface area contributed by atoms with Gasteiger partial charge in [-0.2, -0.15) is 0 Å². The van der Waals surface area contributed by atoms with Gasteiger partial charge < -0.3 is 25.3 Å². The third-order valence-corrected chi connectivity index (χ3v) is 4.65. The van der Waals surface area contributed by atoms with E-state index in [2.05, 4.69) is 15.4 Å². The average molecular weight is 426 g/mol. The quantitative estimate of drug-likeness (QED) is 0.496. The molecule has 0 aliphatic heterocycles. The Labute approximate surface area is 180 Å². The maximum atomic E-state index is 12.7. The number of carbonyl (C=O) groups is 4. The number of benzene rings is 2. The first-order valence-electron chi connectivity index (χ1n) is 9.80. The number of amides is 2. The molecule has 2 rings (SSSR count). The molecule has 0 radical (unpaired) electrons. The second-order valence-corrected chi connectivity index (χ2v) is 7.00. The predicted molar refractivity (Wildman–Crippen MR) is 113 cm³/mol. The van der Waals surface area contributed by atoms with E-state index < -0.39 is 36.0 Å². The molecule has 0 aliphatic rings. The monoisotopic (exact) mass is 426 g/mol. The third kappa shape index (κ3) is 7.04. The molecule has 0 fully saturated rings. The minimum Gasteiger partial charge on any atom is -0.467 e. The molecule has 31 heavy (non-hydrogen) atoms. The van der Waals surface area contributed by atoms with Gasteiger partial charge in [0.05, 0.1) is 13.2 Å². The lowest BCUT2D eigenvalue weighted by molar-refractivity contribution is -0.147. The van der Waals surface area contributed by atoms with E-state index in [0.717, 1.165) is 0 Å². The second kappa shape index (κ2) is 11.6. The number of nitrogens with one attached hydrogen (secondary N) is 2. The van der Waals surface area contributed by atoms with Crippen molar-refractivity contribution in [3.63, 3.8) is 0 Å². The Bertz CT molecular complexity index is 901. The number of ether oxygens (including phenoxy) is 1. The van der Waals surface area contributed by atoms with E-state index in [-0.39, 0.29) is 18.6 Å². The minimum absolute atomic E-state index is 0.0346. The van der Waals surface area contributed by atoms with Crippen molar-refractivity contribution < 1.29 is 29.0 Å². The molecule has 8 heteroatoms. The van der Waals surface area contributed by atoms with Crippen LogP contribution in [0.1, 0.15) is 41.7 Å². The first-order chi connectivity index (χ1) is 14.8. The summed E-state index contributed by atoms with van der Waals surface area (Å²) in [6.45, 7) is 1.37. The lowest BCUT2D eigenvalue weighted by Gasteiger charge is -2.26. The Hall–Kier alpha value is -3.52. The van der Waals surface area contributed by atoms with Crippen molar-refractivity contribution in [1.82, 2.24) is 10.6 Å². The van der Waals surface area contributed by atoms with Crippen LogP contribution in [0.25, 0.3) is 0 Å². The zero-order valence-electron chi connectivity index (χ0n) is 17.4. The summed E-state index contributed by atoms with van der Waals surface area (Å²) in [6.07, 6.45) is -1.60. The van der Waals surface area contributed by atoms with Crippen LogP contribution in [0.2, 0.25) is 0 Å². The summed E-state index contributed by atoms with van der Waals surface area (Å²) in [6, 6.07) is 14.7. The summed E-state index contributed by atoms with van der Waals surface area (Å²) in [7, 11) is 1.17. The number of methoxy groups -OCH3 is 1. The molecule has 3 N–H and O–H groups in total. The molecule has 3 atom stereocenters. The Morgan fingerprint density at radius 2 is 1.52 bits per heavy atom. The van der Waals surface area contributed by atoms with Crippen LogP contribution in [0, 0.1) is 0 Å². The van der Waals surface area contributed by atoms with E-state index in [9.17, 15) is 24.3 Å². The van der Waals surface area contributed by atoms with E-state index in [1.165, 1.54) is 14.0 Å². The van der Waals surface area contributed by atoms with Crippen LogP contribution < -0.4 is 10.6 Å². The van der Waals surface area contributed by atoms with Crippen LogP contribution in [0.3, 0.4) is 0 Å². The van der Waals surface area contributed by atoms with Crippen LogP contribution >= 0.6 is 0 Å². The number of esters is 1. The Morgan fingerprint density at radius 3 is 2.06 bits per heavy atom. The maximum Gasteiger partial charge on any atom is 0.328 e. The fourth-order valence-corrected chi connectivity index (χ4v) is 2.97. The van der Waals surface area contributed by atoms with Crippen molar-refractivity contribution in [1.29, 1.82) is 0 Å². The number of hydrogen-bond donors (Lipinski definition) is 3. The van der Waals surface area contributed by atoms with Crippen molar-refractivity contribution in [3.05, 3.63) is 71.8 Å². The smallest absolute Gasteiger partial charge is 0.328 e. The van der Waals surface area contributed by atoms with Gasteiger partial charge in [-0.25, -0.2) is 4.79 Å². The summed E-state index contributed by atoms with van der Waals surface area (Å²) in [5, 5.41) is 15.9. The van der Waals surface area contributed by atoms with Crippen LogP contribution in [0.5, 0.6) is 0 Å². The Kier molecular flexibility index (Phi) is 8.90. The number of hydrogen-bond acceptors (Lipinski definition) is 6. The van der Waals surface area contributed by atoms with Gasteiger partial charge in [-0.15, -0.1) is 0 Å². The van der Waals surface area contributed by atoms with Gasteiger partial charge in [-0.1, -0.05) is 48.5 Å². The van der Waals surface area contributed by atoms with E-state index in [1.54, 1.807) is 60.7 Å². The van der Waals surface area contributed by atoms with Crippen LogP contribution in [0.15, 0.2) is 60.7 Å². The molecular weight excluding hydrogens is 400 g/mol. The van der Waals surface area contributed by atoms with Gasteiger partial charge in [0.15, 0.2) is 6.10 Å². The highest BCUT2D eigenvalue weighted by atomic mass is 16.5. The predicted octanol–water partition coefficient (Wildman–Crippen LogP) is 1.55. The summed E-state index contributed by atoms with van der Waals surface area (Å²) in [5.41, 5.74) is 0.873. The van der Waals surface area contributed by atoms with E-state index in [1.807, 2.05) is 0 Å². The highest BCUT2D eigenvalue weighted by Crippen LogP contribution is 2.19. The SMILES string of the molecule is COC(=O)[C@H](CCC(C)=O)NC(=O)[C@H](O)[C@@H](NC(=O)c1ccccc1)c1ccccc1. The van der Waals surface area contributed by atoms with Gasteiger partial charge in [-0.3, -0.25) is 9.59 Å². The number of rotatable bonds is 10. The third-order valence-electron chi connectivity index (χ3n) is 4.65. The summed E-state index contributed by atoms with van der Waals surface area (Å²) in [4.78, 5) is 48.6. The molecule has 8 nitrogen and oxygen atoms in total. The summed E-state index contributed by atoms with van der Waals surface area (Å²) in [5.74, 6) is -2.23. The van der Waals surface area contributed by atoms with E-state index >= 15 is 0 Å². The highest BCUT2D eigenvalue weighted by Gasteiger charge is 2.32. The standard InChI is InChI=1S/C23H26N2O6/c1-15(26)13-14-18(23(30)31-2)24-22(29)20(27)19(16-9-5-3-6-10-16)25-21(28)17-11-7-4-8-12-17/h3-12,18-20,27H,13-14H2,1-2H3,(H,24,29)(H,25,28)/t18-,19-,20+/m0/s1. The highest BCUT2D eigenvalue weighted by molar-refractivity contribution is 5.95. The number of aliphatic hydroxyl groups is 1. The van der Waals surface area contributed by atoms with Crippen LogP contribution in [0.4, 0.5) is 0 Å². The molecule has 0 aromatic heterocycles. The molecule has 2 aromatic rings. The average Bonchev–Trinajstić information content (AvgIpc) is 2.79. The van der Waals surface area contributed by atoms with Crippen molar-refractivity contribution in [2.75, 3.05) is 7.11 Å². The fraction of sp³-hybridized carbons (Fsp3) is 0.304. The molecule has 0 bridgehead atoms. The normalized spacial score (nSPS) is 13.4. The Morgan fingerprint density at radius 1 is 0.935 bits per heavy atom. The molecule has 0 unspecified atom stereocenters. The van der Waals surface area contributed by atoms with Crippen LogP contribution in [-0.2, 0) is 19.1 Å². The summed E-state index contributed by atoms with van der Waals surface area (Å²) < 4.78 is 4.68. The largest absolute Gasteiger partial charge is 0.467 e. The zero-order chi connectivity index (χ0) is 22.8. The molecular formula is C23H26N2O6. The lowest BCUT2D eigenvalue weighted by atomic mass is 9.99. The number of ketones is 1.